The monoisotopic (exact) mass is 855 g/mol. The van der Waals surface area contributed by atoms with Gasteiger partial charge in [0.25, 0.3) is 0 Å². The highest BCUT2D eigenvalue weighted by Crippen LogP contribution is 2.43. The van der Waals surface area contributed by atoms with Crippen LogP contribution < -0.4 is 0 Å². The van der Waals surface area contributed by atoms with Gasteiger partial charge in [-0.25, -0.2) is 4.57 Å². The third kappa shape index (κ3) is 42.4. The summed E-state index contributed by atoms with van der Waals surface area (Å²) in [5, 5.41) is 19.2. The van der Waals surface area contributed by atoms with Crippen LogP contribution in [0.25, 0.3) is 0 Å². The van der Waals surface area contributed by atoms with Crippen LogP contribution in [0.5, 0.6) is 0 Å². The molecule has 0 aromatic carbocycles. The molecular formula is C48H87O10P. The second kappa shape index (κ2) is 44.0. The van der Waals surface area contributed by atoms with Gasteiger partial charge in [-0.3, -0.25) is 18.6 Å². The fraction of sp³-hybridized carbons (Fsp3) is 0.792. The molecule has 59 heavy (non-hydrogen) atoms. The maximum atomic E-state index is 12.4. The van der Waals surface area contributed by atoms with E-state index in [2.05, 4.69) is 62.5 Å². The standard InChI is InChI=1S/C48H87O10P/c1-3-5-7-9-11-13-15-17-18-19-20-21-22-23-24-25-26-28-30-32-34-36-38-40-48(52)58-46(42-50)44-56-59(53,54)55-43-45(41-49)57-47(51)39-37-35-33-31-29-27-16-14-12-10-8-6-4-2/h8,10,14-17,19-20,45-46,49-50H,3-7,9,11-13,18,21-44H2,1-2H3,(H,53,54)/b10-8-,16-14-,17-15-,20-19-. The molecule has 11 heteroatoms. The summed E-state index contributed by atoms with van der Waals surface area (Å²) in [6, 6.07) is 0. The van der Waals surface area contributed by atoms with E-state index < -0.39 is 58.4 Å². The smallest absolute Gasteiger partial charge is 0.457 e. The fourth-order valence-electron chi connectivity index (χ4n) is 6.36. The lowest BCUT2D eigenvalue weighted by Gasteiger charge is -2.20. The van der Waals surface area contributed by atoms with Gasteiger partial charge in [-0.05, 0) is 70.6 Å². The fourth-order valence-corrected chi connectivity index (χ4v) is 7.14. The van der Waals surface area contributed by atoms with E-state index in [-0.39, 0.29) is 12.8 Å². The quantitative estimate of drug-likeness (QED) is 0.0234. The average molecular weight is 855 g/mol. The molecule has 0 saturated heterocycles. The van der Waals surface area contributed by atoms with E-state index in [1.165, 1.54) is 96.3 Å². The van der Waals surface area contributed by atoms with Crippen molar-refractivity contribution in [3.05, 3.63) is 48.6 Å². The van der Waals surface area contributed by atoms with Crippen molar-refractivity contribution < 1.29 is 47.8 Å². The van der Waals surface area contributed by atoms with Gasteiger partial charge >= 0.3 is 19.8 Å². The topological polar surface area (TPSA) is 149 Å². The summed E-state index contributed by atoms with van der Waals surface area (Å²) in [7, 11) is -4.64. The highest BCUT2D eigenvalue weighted by Gasteiger charge is 2.27. The largest absolute Gasteiger partial charge is 0.472 e. The van der Waals surface area contributed by atoms with E-state index in [9.17, 15) is 29.3 Å². The van der Waals surface area contributed by atoms with Crippen LogP contribution in [0.1, 0.15) is 206 Å². The van der Waals surface area contributed by atoms with E-state index in [0.29, 0.717) is 12.8 Å². The molecule has 3 N–H and O–H groups in total. The molecule has 0 saturated carbocycles. The molecule has 0 aromatic rings. The number of esters is 2. The van der Waals surface area contributed by atoms with Crippen LogP contribution >= 0.6 is 7.82 Å². The minimum atomic E-state index is -4.64. The molecule has 0 aliphatic carbocycles. The third-order valence-corrected chi connectivity index (χ3v) is 10.9. The molecule has 0 amide bonds. The average Bonchev–Trinajstić information content (AvgIpc) is 3.22. The molecule has 3 atom stereocenters. The molecule has 0 fully saturated rings. The van der Waals surface area contributed by atoms with Gasteiger partial charge in [0.05, 0.1) is 26.4 Å². The molecule has 0 aliphatic heterocycles. The summed E-state index contributed by atoms with van der Waals surface area (Å²) < 4.78 is 32.6. The van der Waals surface area contributed by atoms with Crippen LogP contribution in [-0.4, -0.2) is 65.7 Å². The predicted molar refractivity (Wildman–Crippen MR) is 242 cm³/mol. The van der Waals surface area contributed by atoms with Crippen LogP contribution in [0, 0.1) is 0 Å². The van der Waals surface area contributed by atoms with Gasteiger partial charge in [0.15, 0.2) is 0 Å². The van der Waals surface area contributed by atoms with E-state index in [0.717, 1.165) is 70.6 Å². The second-order valence-electron chi connectivity index (χ2n) is 15.7. The second-order valence-corrected chi connectivity index (χ2v) is 17.2. The Labute approximate surface area is 360 Å². The Morgan fingerprint density at radius 1 is 0.458 bits per heavy atom. The van der Waals surface area contributed by atoms with Crippen LogP contribution in [0.4, 0.5) is 0 Å². The zero-order valence-corrected chi connectivity index (χ0v) is 38.4. The Kier molecular flexibility index (Phi) is 42.5. The SMILES string of the molecule is CCC/C=C\C/C=C\CCCCCCCC(=O)OC(CO)COP(=O)(O)OCC(CO)OC(=O)CCCCCCCCCCCCC/C=C\C/C=C\CCCCCCC. The minimum Gasteiger partial charge on any atom is -0.457 e. The first-order chi connectivity index (χ1) is 28.8. The first-order valence-electron chi connectivity index (χ1n) is 23.6. The van der Waals surface area contributed by atoms with Crippen LogP contribution in [0.2, 0.25) is 0 Å². The lowest BCUT2D eigenvalue weighted by molar-refractivity contribution is -0.153. The number of aliphatic hydroxyl groups is 2. The van der Waals surface area contributed by atoms with Crippen LogP contribution in [-0.2, 0) is 32.7 Å². The van der Waals surface area contributed by atoms with Gasteiger partial charge in [-0.2, -0.15) is 0 Å². The Bertz CT molecular complexity index is 1120. The molecule has 0 radical (unpaired) electrons. The van der Waals surface area contributed by atoms with Crippen LogP contribution in [0.15, 0.2) is 48.6 Å². The number of carbonyl (C=O) groups excluding carboxylic acids is 2. The molecule has 0 aliphatic rings. The molecule has 344 valence electrons. The van der Waals surface area contributed by atoms with Gasteiger partial charge in [0.1, 0.15) is 12.2 Å². The Hall–Kier alpha value is -2.07. The van der Waals surface area contributed by atoms with Gasteiger partial charge in [0.2, 0.25) is 0 Å². The molecule has 0 spiro atoms. The zero-order chi connectivity index (χ0) is 43.3. The Morgan fingerprint density at radius 3 is 1.12 bits per heavy atom. The summed E-state index contributed by atoms with van der Waals surface area (Å²) >= 11 is 0. The van der Waals surface area contributed by atoms with Crippen molar-refractivity contribution in [2.75, 3.05) is 26.4 Å². The van der Waals surface area contributed by atoms with Crippen molar-refractivity contribution in [3.63, 3.8) is 0 Å². The van der Waals surface area contributed by atoms with Crippen molar-refractivity contribution in [3.8, 4) is 0 Å². The summed E-state index contributed by atoms with van der Waals surface area (Å²) in [6.45, 7) is 2.12. The molecule has 0 heterocycles. The summed E-state index contributed by atoms with van der Waals surface area (Å²) in [5.74, 6) is -1.03. The lowest BCUT2D eigenvalue weighted by atomic mass is 10.0. The highest BCUT2D eigenvalue weighted by atomic mass is 31.2. The van der Waals surface area contributed by atoms with E-state index in [1.54, 1.807) is 0 Å². The molecule has 0 rings (SSSR count). The molecule has 10 nitrogen and oxygen atoms in total. The summed E-state index contributed by atoms with van der Waals surface area (Å²) in [6.07, 6.45) is 48.0. The zero-order valence-electron chi connectivity index (χ0n) is 37.5. The maximum Gasteiger partial charge on any atom is 0.472 e. The molecule has 0 aromatic heterocycles. The van der Waals surface area contributed by atoms with E-state index >= 15 is 0 Å². The number of rotatable bonds is 44. The van der Waals surface area contributed by atoms with Crippen LogP contribution in [0.3, 0.4) is 0 Å². The minimum absolute atomic E-state index is 0.175. The Morgan fingerprint density at radius 2 is 0.780 bits per heavy atom. The number of hydrogen-bond donors (Lipinski definition) is 3. The number of phosphoric acid groups is 1. The molecule has 3 unspecified atom stereocenters. The number of allylic oxidation sites excluding steroid dienone is 8. The molecule has 0 bridgehead atoms. The maximum absolute atomic E-state index is 12.4. The summed E-state index contributed by atoms with van der Waals surface area (Å²) in [5.41, 5.74) is 0. The van der Waals surface area contributed by atoms with Crippen molar-refractivity contribution in [1.29, 1.82) is 0 Å². The first kappa shape index (κ1) is 56.9. The number of ether oxygens (including phenoxy) is 2. The number of unbranched alkanes of at least 4 members (excludes halogenated alkanes) is 22. The summed E-state index contributed by atoms with van der Waals surface area (Å²) in [4.78, 5) is 34.6. The van der Waals surface area contributed by atoms with E-state index in [1.807, 2.05) is 0 Å². The van der Waals surface area contributed by atoms with Crippen molar-refractivity contribution in [2.45, 2.75) is 219 Å². The first-order valence-corrected chi connectivity index (χ1v) is 25.1. The molecular weight excluding hydrogens is 767 g/mol. The number of hydrogen-bond acceptors (Lipinski definition) is 9. The van der Waals surface area contributed by atoms with Crippen molar-refractivity contribution in [1.82, 2.24) is 0 Å². The van der Waals surface area contributed by atoms with Crippen molar-refractivity contribution >= 4 is 19.8 Å². The lowest BCUT2D eigenvalue weighted by Crippen LogP contribution is -2.28. The van der Waals surface area contributed by atoms with E-state index in [4.69, 9.17) is 18.5 Å². The number of phosphoric ester groups is 1. The van der Waals surface area contributed by atoms with Gasteiger partial charge in [0, 0.05) is 12.8 Å². The third-order valence-electron chi connectivity index (χ3n) is 9.99. The Balaban J connectivity index is 3.86. The van der Waals surface area contributed by atoms with Gasteiger partial charge in [-0.15, -0.1) is 0 Å². The highest BCUT2D eigenvalue weighted by molar-refractivity contribution is 7.47. The van der Waals surface area contributed by atoms with Gasteiger partial charge < -0.3 is 24.6 Å². The van der Waals surface area contributed by atoms with Crippen molar-refractivity contribution in [2.24, 2.45) is 0 Å². The number of aliphatic hydroxyl groups excluding tert-OH is 2. The predicted octanol–water partition coefficient (Wildman–Crippen LogP) is 12.9. The number of carbonyl (C=O) groups is 2. The van der Waals surface area contributed by atoms with Gasteiger partial charge in [-0.1, -0.05) is 172 Å². The normalized spacial score (nSPS) is 14.2.